The maximum absolute atomic E-state index is 12.4. The molecule has 23 heavy (non-hydrogen) atoms. The lowest BCUT2D eigenvalue weighted by Crippen LogP contribution is -2.39. The van der Waals surface area contributed by atoms with E-state index in [-0.39, 0.29) is 4.90 Å². The Kier molecular flexibility index (Phi) is 7.19. The molecule has 5 nitrogen and oxygen atoms in total. The van der Waals surface area contributed by atoms with E-state index in [4.69, 9.17) is 0 Å². The van der Waals surface area contributed by atoms with Crippen LogP contribution < -0.4 is 4.72 Å². The number of carbonyl (C=O) groups excluding carboxylic acids is 1. The zero-order valence-corrected chi connectivity index (χ0v) is 14.7. The van der Waals surface area contributed by atoms with Crippen molar-refractivity contribution in [2.24, 2.45) is 0 Å². The van der Waals surface area contributed by atoms with Crippen LogP contribution in [-0.2, 0) is 19.6 Å². The van der Waals surface area contributed by atoms with E-state index in [1.165, 1.54) is 19.2 Å². The molecule has 0 radical (unpaired) electrons. The Morgan fingerprint density at radius 2 is 1.83 bits per heavy atom. The Morgan fingerprint density at radius 1 is 1.22 bits per heavy atom. The van der Waals surface area contributed by atoms with Gasteiger partial charge in [-0.05, 0) is 25.5 Å². The molecular formula is C17H23NO4S. The van der Waals surface area contributed by atoms with Crippen LogP contribution in [-0.4, -0.2) is 27.5 Å². The number of benzene rings is 1. The molecule has 0 fully saturated rings. The summed E-state index contributed by atoms with van der Waals surface area (Å²) in [4.78, 5) is 11.9. The molecule has 0 spiro atoms. The fourth-order valence-corrected chi connectivity index (χ4v) is 3.27. The number of esters is 1. The van der Waals surface area contributed by atoms with E-state index in [0.29, 0.717) is 12.0 Å². The predicted molar refractivity (Wildman–Crippen MR) is 90.5 cm³/mol. The first-order valence-electron chi connectivity index (χ1n) is 7.48. The van der Waals surface area contributed by atoms with Crippen molar-refractivity contribution < 1.29 is 17.9 Å². The molecule has 1 N–H and O–H groups in total. The average molecular weight is 337 g/mol. The summed E-state index contributed by atoms with van der Waals surface area (Å²) in [6, 6.07) is 5.92. The first-order chi connectivity index (χ1) is 10.9. The molecule has 1 aliphatic carbocycles. The quantitative estimate of drug-likeness (QED) is 0.858. The molecular weight excluding hydrogens is 314 g/mol. The Hall–Kier alpha value is -1.92. The topological polar surface area (TPSA) is 72.5 Å². The predicted octanol–water partition coefficient (Wildman–Crippen LogP) is 2.73. The van der Waals surface area contributed by atoms with Crippen LogP contribution in [0.4, 0.5) is 0 Å². The first kappa shape index (κ1) is 19.1. The summed E-state index contributed by atoms with van der Waals surface area (Å²) >= 11 is 0. The summed E-state index contributed by atoms with van der Waals surface area (Å²) in [5.41, 5.74) is 1.28. The van der Waals surface area contributed by atoms with E-state index in [0.717, 1.165) is 5.56 Å². The third-order valence-corrected chi connectivity index (χ3v) is 4.70. The minimum Gasteiger partial charge on any atom is -0.466 e. The largest absolute Gasteiger partial charge is 0.466 e. The lowest BCUT2D eigenvalue weighted by molar-refractivity contribution is -0.136. The average Bonchev–Trinajstić information content (AvgIpc) is 2.56. The molecule has 0 bridgehead atoms. The van der Waals surface area contributed by atoms with Crippen molar-refractivity contribution in [2.75, 3.05) is 7.11 Å². The molecule has 0 amide bonds. The van der Waals surface area contributed by atoms with Crippen LogP contribution in [0, 0.1) is 6.92 Å². The third kappa shape index (κ3) is 5.04. The minimum absolute atomic E-state index is 0.173. The Balaban J connectivity index is 0.00000127. The van der Waals surface area contributed by atoms with Crippen LogP contribution in [0.2, 0.25) is 0 Å². The maximum Gasteiger partial charge on any atom is 0.335 e. The van der Waals surface area contributed by atoms with Crippen LogP contribution in [0.5, 0.6) is 0 Å². The number of carbonyl (C=O) groups is 1. The molecule has 0 aliphatic heterocycles. The van der Waals surface area contributed by atoms with Crippen LogP contribution in [0.1, 0.15) is 25.8 Å². The minimum atomic E-state index is -3.68. The molecule has 126 valence electrons. The Morgan fingerprint density at radius 3 is 2.39 bits per heavy atom. The summed E-state index contributed by atoms with van der Waals surface area (Å²) in [6.07, 6.45) is 5.49. The molecule has 1 atom stereocenters. The number of sulfonamides is 1. The van der Waals surface area contributed by atoms with Gasteiger partial charge in [0.2, 0.25) is 10.0 Å². The molecule has 0 saturated heterocycles. The van der Waals surface area contributed by atoms with Crippen molar-refractivity contribution in [2.45, 2.75) is 38.1 Å². The van der Waals surface area contributed by atoms with Crippen molar-refractivity contribution in [3.8, 4) is 0 Å². The molecule has 0 heterocycles. The summed E-state index contributed by atoms with van der Waals surface area (Å²) in [5, 5.41) is 0. The number of allylic oxidation sites excluding steroid dienone is 2. The van der Waals surface area contributed by atoms with E-state index >= 15 is 0 Å². The zero-order chi connectivity index (χ0) is 17.5. The summed E-state index contributed by atoms with van der Waals surface area (Å²) in [5.74, 6) is -0.532. The molecule has 6 heteroatoms. The highest BCUT2D eigenvalue weighted by Gasteiger charge is 2.27. The normalized spacial score (nSPS) is 16.9. The monoisotopic (exact) mass is 337 g/mol. The number of aryl methyl sites for hydroxylation is 1. The van der Waals surface area contributed by atoms with Crippen LogP contribution in [0.15, 0.2) is 53.0 Å². The van der Waals surface area contributed by atoms with Gasteiger partial charge in [0.1, 0.15) is 0 Å². The number of ether oxygens (including phenoxy) is 1. The van der Waals surface area contributed by atoms with Gasteiger partial charge >= 0.3 is 5.97 Å². The molecule has 1 unspecified atom stereocenters. The fraction of sp³-hybridized carbons (Fsp3) is 0.353. The van der Waals surface area contributed by atoms with E-state index < -0.39 is 22.0 Å². The fourth-order valence-electron chi connectivity index (χ4n) is 2.04. The number of hydrogen-bond acceptors (Lipinski definition) is 4. The Labute approximate surface area is 138 Å². The molecule has 1 aromatic rings. The van der Waals surface area contributed by atoms with E-state index in [2.05, 4.69) is 9.46 Å². The molecule has 0 saturated carbocycles. The van der Waals surface area contributed by atoms with Gasteiger partial charge in [-0.25, -0.2) is 17.9 Å². The van der Waals surface area contributed by atoms with Gasteiger partial charge in [0.05, 0.1) is 23.6 Å². The van der Waals surface area contributed by atoms with Crippen molar-refractivity contribution in [3.05, 3.63) is 53.6 Å². The molecule has 1 aliphatic rings. The van der Waals surface area contributed by atoms with Gasteiger partial charge in [0.25, 0.3) is 0 Å². The van der Waals surface area contributed by atoms with Crippen molar-refractivity contribution >= 4 is 16.0 Å². The van der Waals surface area contributed by atoms with Gasteiger partial charge in [-0.1, -0.05) is 49.8 Å². The second-order valence-corrected chi connectivity index (χ2v) is 6.48. The highest BCUT2D eigenvalue weighted by molar-refractivity contribution is 7.89. The van der Waals surface area contributed by atoms with Crippen LogP contribution >= 0.6 is 0 Å². The van der Waals surface area contributed by atoms with Crippen molar-refractivity contribution in [3.63, 3.8) is 0 Å². The van der Waals surface area contributed by atoms with Gasteiger partial charge in [-0.3, -0.25) is 0 Å². The van der Waals surface area contributed by atoms with E-state index in [9.17, 15) is 13.2 Å². The van der Waals surface area contributed by atoms with Gasteiger partial charge in [0, 0.05) is 0 Å². The third-order valence-electron chi connectivity index (χ3n) is 3.21. The molecule has 2 rings (SSSR count). The summed E-state index contributed by atoms with van der Waals surface area (Å²) < 4.78 is 31.9. The smallest absolute Gasteiger partial charge is 0.335 e. The second kappa shape index (κ2) is 8.64. The molecule has 1 aromatic carbocycles. The molecule has 0 aromatic heterocycles. The number of nitrogens with one attached hydrogen (secondary N) is 1. The highest BCUT2D eigenvalue weighted by atomic mass is 32.2. The van der Waals surface area contributed by atoms with Gasteiger partial charge in [-0.2, -0.15) is 0 Å². The Bertz CT molecular complexity index is 688. The van der Waals surface area contributed by atoms with Gasteiger partial charge in [0.15, 0.2) is 0 Å². The van der Waals surface area contributed by atoms with Gasteiger partial charge < -0.3 is 4.74 Å². The summed E-state index contributed by atoms with van der Waals surface area (Å²) in [6.45, 7) is 5.88. The lowest BCUT2D eigenvalue weighted by atomic mass is 10.0. The number of hydrogen-bond donors (Lipinski definition) is 1. The summed E-state index contributed by atoms with van der Waals surface area (Å²) in [7, 11) is -2.41. The maximum atomic E-state index is 12.4. The highest BCUT2D eigenvalue weighted by Crippen LogP contribution is 2.18. The van der Waals surface area contributed by atoms with E-state index in [1.54, 1.807) is 30.4 Å². The van der Waals surface area contributed by atoms with E-state index in [1.807, 2.05) is 20.8 Å². The SMILES string of the molecule is CC.COC(=O)C1=CC=CCC1NS(=O)(=O)c1ccc(C)cc1. The number of methoxy groups -OCH3 is 1. The van der Waals surface area contributed by atoms with Crippen LogP contribution in [0.3, 0.4) is 0 Å². The van der Waals surface area contributed by atoms with Crippen molar-refractivity contribution in [1.82, 2.24) is 4.72 Å². The zero-order valence-electron chi connectivity index (χ0n) is 13.9. The van der Waals surface area contributed by atoms with Gasteiger partial charge in [-0.15, -0.1) is 0 Å². The lowest BCUT2D eigenvalue weighted by Gasteiger charge is -2.21. The first-order valence-corrected chi connectivity index (χ1v) is 8.96. The number of rotatable bonds is 4. The second-order valence-electron chi connectivity index (χ2n) is 4.76. The van der Waals surface area contributed by atoms with Crippen LogP contribution in [0.25, 0.3) is 0 Å². The van der Waals surface area contributed by atoms with Crippen molar-refractivity contribution in [1.29, 1.82) is 0 Å². The standard InChI is InChI=1S/C15H17NO4S.C2H6/c1-11-7-9-12(10-8-11)21(18,19)16-14-6-4-3-5-13(14)15(17)20-2;1-2/h3-5,7-10,14,16H,6H2,1-2H3;1-2H3.